The molecule has 0 spiro atoms. The molecule has 0 N–H and O–H groups in total. The van der Waals surface area contributed by atoms with E-state index in [2.05, 4.69) is 9.37 Å². The monoisotopic (exact) mass is 208 g/mol. The van der Waals surface area contributed by atoms with Gasteiger partial charge in [0, 0.05) is 10.5 Å². The van der Waals surface area contributed by atoms with Crippen LogP contribution in [0.1, 0.15) is 10.4 Å². The molecule has 0 heterocycles. The maximum atomic E-state index is 10.3. The summed E-state index contributed by atoms with van der Waals surface area (Å²) in [6.07, 6.45) is 0.710. The normalized spacial score (nSPS) is 9.00. The third-order valence-corrected chi connectivity index (χ3v) is 1.72. The molecule has 64 valence electrons. The van der Waals surface area contributed by atoms with Crippen molar-refractivity contribution < 1.29 is 49.0 Å². The van der Waals surface area contributed by atoms with Crippen molar-refractivity contribution in [1.29, 1.82) is 0 Å². The molecule has 0 aliphatic heterocycles. The molecule has 0 radical (unpaired) electrons. The Bertz CT molecular complexity index is 268. The van der Waals surface area contributed by atoms with Gasteiger partial charge >= 0.3 is 29.6 Å². The van der Waals surface area contributed by atoms with Gasteiger partial charge in [-0.05, 0) is 12.1 Å². The van der Waals surface area contributed by atoms with Crippen LogP contribution in [-0.2, 0) is 9.37 Å². The topological polar surface area (TPSA) is 58.6 Å². The molecule has 0 fully saturated rings. The molecule has 4 nitrogen and oxygen atoms in total. The van der Waals surface area contributed by atoms with E-state index in [-0.39, 0.29) is 29.6 Å². The first kappa shape index (κ1) is 13.1. The third kappa shape index (κ3) is 4.78. The fourth-order valence-electron chi connectivity index (χ4n) is 0.693. The van der Waals surface area contributed by atoms with Crippen molar-refractivity contribution >= 4 is 18.3 Å². The first-order chi connectivity index (χ1) is 5.86. The molecule has 0 bridgehead atoms. The molecule has 0 unspecified atom stereocenters. The van der Waals surface area contributed by atoms with E-state index in [0.29, 0.717) is 16.7 Å². The van der Waals surface area contributed by atoms with Crippen LogP contribution in [0.4, 0.5) is 0 Å². The number of carbonyl (C=O) groups is 1. The van der Waals surface area contributed by atoms with Crippen LogP contribution in [0.25, 0.3) is 0 Å². The van der Waals surface area contributed by atoms with Crippen molar-refractivity contribution in [3.8, 4) is 0 Å². The van der Waals surface area contributed by atoms with E-state index in [1.54, 1.807) is 24.3 Å². The minimum atomic E-state index is 0. The molecule has 0 saturated carbocycles. The molecule has 0 amide bonds. The van der Waals surface area contributed by atoms with Gasteiger partial charge in [0.1, 0.15) is 6.29 Å². The molecular formula is C7H5NaO4S. The summed E-state index contributed by atoms with van der Waals surface area (Å²) in [5, 5.41) is 12.6. The summed E-state index contributed by atoms with van der Waals surface area (Å²) in [7, 11) is 0. The average Bonchev–Trinajstić information content (AvgIpc) is 2.15. The second-order valence-corrected chi connectivity index (χ2v) is 2.68. The van der Waals surface area contributed by atoms with E-state index < -0.39 is 0 Å². The summed E-state index contributed by atoms with van der Waals surface area (Å²) in [6, 6.07) is 6.60. The van der Waals surface area contributed by atoms with E-state index in [1.165, 1.54) is 0 Å². The summed E-state index contributed by atoms with van der Waals surface area (Å²) in [4.78, 5) is 10.9. The Balaban J connectivity index is 0.00000144. The summed E-state index contributed by atoms with van der Waals surface area (Å²) in [5.41, 5.74) is 0.523. The van der Waals surface area contributed by atoms with Gasteiger partial charge in [-0.15, -0.1) is 0 Å². The second-order valence-electron chi connectivity index (χ2n) is 1.91. The minimum Gasteiger partial charge on any atom is -0.691 e. The van der Waals surface area contributed by atoms with Gasteiger partial charge in [0.2, 0.25) is 0 Å². The average molecular weight is 208 g/mol. The zero-order chi connectivity index (χ0) is 8.81. The van der Waals surface area contributed by atoms with Crippen LogP contribution in [0, 0.1) is 0 Å². The molecular weight excluding hydrogens is 203 g/mol. The standard InChI is InChI=1S/C7H6O4S.Na/c8-5-6-2-1-3-7(4-6)12-11-10-9;/h1-5,9H;/q;+1/p-1. The quantitative estimate of drug-likeness (QED) is 0.184. The van der Waals surface area contributed by atoms with E-state index in [9.17, 15) is 10.1 Å². The van der Waals surface area contributed by atoms with Gasteiger partial charge in [0.15, 0.2) is 0 Å². The van der Waals surface area contributed by atoms with E-state index in [0.717, 1.165) is 12.0 Å². The Kier molecular flexibility index (Phi) is 7.59. The zero-order valence-electron chi connectivity index (χ0n) is 6.93. The zero-order valence-corrected chi connectivity index (χ0v) is 9.74. The minimum absolute atomic E-state index is 0. The van der Waals surface area contributed by atoms with Crippen LogP contribution in [0.5, 0.6) is 0 Å². The van der Waals surface area contributed by atoms with Crippen LogP contribution >= 0.6 is 12.0 Å². The summed E-state index contributed by atoms with van der Waals surface area (Å²) in [6.45, 7) is 0. The van der Waals surface area contributed by atoms with Gasteiger partial charge < -0.3 is 5.26 Å². The number of benzene rings is 1. The summed E-state index contributed by atoms with van der Waals surface area (Å²) < 4.78 is 4.06. The van der Waals surface area contributed by atoms with Gasteiger partial charge in [-0.3, -0.25) is 9.83 Å². The first-order valence-corrected chi connectivity index (χ1v) is 3.79. The van der Waals surface area contributed by atoms with Crippen LogP contribution in [-0.4, -0.2) is 6.29 Å². The van der Waals surface area contributed by atoms with E-state index in [4.69, 9.17) is 0 Å². The molecule has 0 aromatic heterocycles. The van der Waals surface area contributed by atoms with Gasteiger partial charge in [0.25, 0.3) is 0 Å². The summed E-state index contributed by atoms with van der Waals surface area (Å²) >= 11 is 0.756. The predicted octanol–water partition coefficient (Wildman–Crippen LogP) is -2.27. The van der Waals surface area contributed by atoms with Crippen molar-refractivity contribution in [1.82, 2.24) is 0 Å². The van der Waals surface area contributed by atoms with Gasteiger partial charge in [-0.2, -0.15) is 4.33 Å². The van der Waals surface area contributed by atoms with Crippen molar-refractivity contribution in [2.45, 2.75) is 4.90 Å². The molecule has 1 aromatic carbocycles. The SMILES string of the molecule is O=Cc1cccc(SOO[O-])c1.[Na+]. The molecule has 6 heteroatoms. The van der Waals surface area contributed by atoms with E-state index in [1.807, 2.05) is 0 Å². The van der Waals surface area contributed by atoms with Crippen LogP contribution in [0.2, 0.25) is 0 Å². The Morgan fingerprint density at radius 2 is 2.23 bits per heavy atom. The molecule has 1 rings (SSSR count). The van der Waals surface area contributed by atoms with Gasteiger partial charge in [0.05, 0.1) is 12.0 Å². The molecule has 13 heavy (non-hydrogen) atoms. The van der Waals surface area contributed by atoms with Crippen molar-refractivity contribution in [3.63, 3.8) is 0 Å². The number of aldehydes is 1. The van der Waals surface area contributed by atoms with E-state index >= 15 is 0 Å². The Labute approximate surface area is 102 Å². The van der Waals surface area contributed by atoms with Gasteiger partial charge in [-0.1, -0.05) is 12.1 Å². The van der Waals surface area contributed by atoms with Crippen LogP contribution in [0.3, 0.4) is 0 Å². The molecule has 0 atom stereocenters. The fourth-order valence-corrected chi connectivity index (χ4v) is 1.12. The number of hydrogen-bond donors (Lipinski definition) is 0. The predicted molar refractivity (Wildman–Crippen MR) is 39.9 cm³/mol. The molecule has 0 aliphatic rings. The Hall–Kier alpha value is 0.120. The van der Waals surface area contributed by atoms with Crippen LogP contribution < -0.4 is 34.8 Å². The third-order valence-electron chi connectivity index (χ3n) is 1.15. The number of hydrogen-bond acceptors (Lipinski definition) is 5. The maximum absolute atomic E-state index is 10.3. The smallest absolute Gasteiger partial charge is 0.691 e. The van der Waals surface area contributed by atoms with Crippen molar-refractivity contribution in [2.24, 2.45) is 0 Å². The van der Waals surface area contributed by atoms with Crippen molar-refractivity contribution in [2.75, 3.05) is 0 Å². The largest absolute Gasteiger partial charge is 1.00 e. The molecule has 0 aliphatic carbocycles. The van der Waals surface area contributed by atoms with Crippen LogP contribution in [0.15, 0.2) is 29.2 Å². The summed E-state index contributed by atoms with van der Waals surface area (Å²) in [5.74, 6) is 0. The Morgan fingerprint density at radius 3 is 2.85 bits per heavy atom. The van der Waals surface area contributed by atoms with Crippen molar-refractivity contribution in [3.05, 3.63) is 29.8 Å². The molecule has 0 saturated heterocycles. The first-order valence-electron chi connectivity index (χ1n) is 3.05. The maximum Gasteiger partial charge on any atom is 1.00 e. The fraction of sp³-hybridized carbons (Fsp3) is 0. The number of carbonyl (C=O) groups excluding carboxylic acids is 1. The molecule has 1 aromatic rings. The second kappa shape index (κ2) is 7.52. The number of rotatable bonds is 4. The Morgan fingerprint density at radius 1 is 1.46 bits per heavy atom. The van der Waals surface area contributed by atoms with Gasteiger partial charge in [-0.25, -0.2) is 0 Å².